The van der Waals surface area contributed by atoms with Crippen molar-refractivity contribution in [3.8, 4) is 0 Å². The van der Waals surface area contributed by atoms with Gasteiger partial charge >= 0.3 is 0 Å². The van der Waals surface area contributed by atoms with Crippen LogP contribution in [0.2, 0.25) is 18.1 Å². The number of rotatable bonds is 4. The first-order valence-electron chi connectivity index (χ1n) is 7.20. The van der Waals surface area contributed by atoms with Gasteiger partial charge in [0, 0.05) is 14.6 Å². The Hall–Kier alpha value is 0.567. The lowest BCUT2D eigenvalue weighted by molar-refractivity contribution is -0.0211. The van der Waals surface area contributed by atoms with Crippen LogP contribution in [0.4, 0.5) is 0 Å². The first-order valence-corrected chi connectivity index (χ1v) is 12.1. The van der Waals surface area contributed by atoms with Crippen molar-refractivity contribution in [1.82, 2.24) is 0 Å². The van der Waals surface area contributed by atoms with Gasteiger partial charge in [0.2, 0.25) is 0 Å². The van der Waals surface area contributed by atoms with Crippen LogP contribution in [-0.4, -0.2) is 19.5 Å². The van der Waals surface area contributed by atoms with E-state index in [1.165, 1.54) is 3.57 Å². The molecule has 1 aromatic heterocycles. The van der Waals surface area contributed by atoms with Gasteiger partial charge in [0.1, 0.15) is 0 Å². The molecule has 2 nitrogen and oxygen atoms in total. The molecule has 1 saturated carbocycles. The highest BCUT2D eigenvalue weighted by Gasteiger charge is 2.44. The molecular formula is C15H25IO2SSi. The Bertz CT molecular complexity index is 461. The van der Waals surface area contributed by atoms with E-state index in [0.29, 0.717) is 12.0 Å². The highest BCUT2D eigenvalue weighted by Crippen LogP contribution is 2.46. The minimum atomic E-state index is -1.66. The van der Waals surface area contributed by atoms with Crippen LogP contribution < -0.4 is 0 Å². The molecule has 1 aliphatic rings. The van der Waals surface area contributed by atoms with Crippen molar-refractivity contribution in [2.24, 2.45) is 5.92 Å². The average Bonchev–Trinajstić information content (AvgIpc) is 2.67. The molecule has 0 aliphatic heterocycles. The maximum absolute atomic E-state index is 10.4. The number of aliphatic hydroxyl groups excluding tert-OH is 1. The molecular weight excluding hydrogens is 399 g/mol. The van der Waals surface area contributed by atoms with Gasteiger partial charge in [-0.25, -0.2) is 0 Å². The quantitative estimate of drug-likeness (QED) is 0.533. The van der Waals surface area contributed by atoms with Crippen molar-refractivity contribution in [3.63, 3.8) is 0 Å². The molecule has 20 heavy (non-hydrogen) atoms. The second-order valence-corrected chi connectivity index (χ2v) is 14.2. The van der Waals surface area contributed by atoms with E-state index in [1.54, 1.807) is 11.3 Å². The standard InChI is InChI=1S/C15H25IO2SSi/c1-15(2,3)20(4,5)18-11-8-10(9-11)13(17)14-12(16)6-7-19-14/h6-7,10-11,13,17H,8-9H2,1-5H3. The highest BCUT2D eigenvalue weighted by molar-refractivity contribution is 14.1. The van der Waals surface area contributed by atoms with Crippen LogP contribution in [0.15, 0.2) is 11.4 Å². The maximum atomic E-state index is 10.4. The lowest BCUT2D eigenvalue weighted by atomic mass is 9.78. The summed E-state index contributed by atoms with van der Waals surface area (Å²) in [7, 11) is -1.66. The van der Waals surface area contributed by atoms with Crippen LogP contribution >= 0.6 is 33.9 Å². The zero-order chi connectivity index (χ0) is 15.1. The van der Waals surface area contributed by atoms with Crippen molar-refractivity contribution in [3.05, 3.63) is 19.9 Å². The van der Waals surface area contributed by atoms with Crippen molar-refractivity contribution in [1.29, 1.82) is 0 Å². The zero-order valence-electron chi connectivity index (χ0n) is 12.9. The molecule has 1 heterocycles. The Labute approximate surface area is 141 Å². The van der Waals surface area contributed by atoms with Crippen molar-refractivity contribution < 1.29 is 9.53 Å². The molecule has 1 aromatic rings. The Morgan fingerprint density at radius 1 is 1.40 bits per heavy atom. The first kappa shape index (κ1) is 16.9. The van der Waals surface area contributed by atoms with Crippen LogP contribution in [0.3, 0.4) is 0 Å². The molecule has 0 spiro atoms. The van der Waals surface area contributed by atoms with Gasteiger partial charge in [-0.3, -0.25) is 0 Å². The Kier molecular flexibility index (Phi) is 5.07. The van der Waals surface area contributed by atoms with Crippen molar-refractivity contribution >= 4 is 42.2 Å². The lowest BCUT2D eigenvalue weighted by Crippen LogP contribution is -2.48. The van der Waals surface area contributed by atoms with Gasteiger partial charge in [-0.2, -0.15) is 0 Å². The molecule has 5 heteroatoms. The summed E-state index contributed by atoms with van der Waals surface area (Å²) >= 11 is 3.97. The predicted molar refractivity (Wildman–Crippen MR) is 96.8 cm³/mol. The molecule has 0 amide bonds. The maximum Gasteiger partial charge on any atom is 0.192 e. The minimum Gasteiger partial charge on any atom is -0.414 e. The van der Waals surface area contributed by atoms with Gasteiger partial charge in [-0.1, -0.05) is 20.8 Å². The largest absolute Gasteiger partial charge is 0.414 e. The summed E-state index contributed by atoms with van der Waals surface area (Å²) < 4.78 is 7.58. The fourth-order valence-electron chi connectivity index (χ4n) is 2.28. The summed E-state index contributed by atoms with van der Waals surface area (Å²) in [5.41, 5.74) is 0. The molecule has 0 radical (unpaired) electrons. The molecule has 0 aromatic carbocycles. The smallest absolute Gasteiger partial charge is 0.192 e. The number of thiophene rings is 1. The third kappa shape index (κ3) is 3.48. The second kappa shape index (κ2) is 5.99. The molecule has 1 atom stereocenters. The summed E-state index contributed by atoms with van der Waals surface area (Å²) in [5, 5.41) is 12.8. The molecule has 0 saturated heterocycles. The summed E-state index contributed by atoms with van der Waals surface area (Å²) in [6, 6.07) is 2.08. The number of halogens is 1. The topological polar surface area (TPSA) is 29.5 Å². The Morgan fingerprint density at radius 3 is 2.45 bits per heavy atom. The van der Waals surface area contributed by atoms with E-state index in [-0.39, 0.29) is 11.1 Å². The summed E-state index contributed by atoms with van der Waals surface area (Å²) in [6.07, 6.45) is 2.05. The van der Waals surface area contributed by atoms with E-state index >= 15 is 0 Å². The molecule has 1 aliphatic carbocycles. The lowest BCUT2D eigenvalue weighted by Gasteiger charge is -2.45. The molecule has 1 unspecified atom stereocenters. The average molecular weight is 424 g/mol. The second-order valence-electron chi connectivity index (χ2n) is 7.31. The SMILES string of the molecule is CC(C)(C)[Si](C)(C)OC1CC(C(O)c2sccc2I)C1. The van der Waals surface area contributed by atoms with E-state index in [9.17, 15) is 5.11 Å². The van der Waals surface area contributed by atoms with Crippen LogP contribution in [0.1, 0.15) is 44.6 Å². The summed E-state index contributed by atoms with van der Waals surface area (Å²) in [5.74, 6) is 0.372. The van der Waals surface area contributed by atoms with E-state index in [0.717, 1.165) is 17.7 Å². The third-order valence-electron chi connectivity index (χ3n) is 4.76. The summed E-state index contributed by atoms with van der Waals surface area (Å²) in [6.45, 7) is 11.4. The van der Waals surface area contributed by atoms with Gasteiger partial charge in [0.25, 0.3) is 0 Å². The van der Waals surface area contributed by atoms with Gasteiger partial charge in [-0.05, 0) is 70.9 Å². The molecule has 2 rings (SSSR count). The normalized spacial score (nSPS) is 25.4. The first-order chi connectivity index (χ1) is 9.12. The van der Waals surface area contributed by atoms with E-state index < -0.39 is 8.32 Å². The van der Waals surface area contributed by atoms with Crippen molar-refractivity contribution in [2.75, 3.05) is 0 Å². The highest BCUT2D eigenvalue weighted by atomic mass is 127. The van der Waals surface area contributed by atoms with Crippen LogP contribution in [-0.2, 0) is 4.43 Å². The molecule has 1 fully saturated rings. The molecule has 114 valence electrons. The molecule has 0 bridgehead atoms. The number of hydrogen-bond acceptors (Lipinski definition) is 3. The van der Waals surface area contributed by atoms with Gasteiger partial charge in [0.15, 0.2) is 8.32 Å². The zero-order valence-corrected chi connectivity index (χ0v) is 16.9. The van der Waals surface area contributed by atoms with E-state index in [4.69, 9.17) is 4.43 Å². The van der Waals surface area contributed by atoms with Crippen LogP contribution in [0.5, 0.6) is 0 Å². The Morgan fingerprint density at radius 2 is 2.00 bits per heavy atom. The van der Waals surface area contributed by atoms with E-state index in [2.05, 4.69) is 67.9 Å². The van der Waals surface area contributed by atoms with E-state index in [1.807, 2.05) is 0 Å². The Balaban J connectivity index is 1.88. The number of aliphatic hydroxyl groups is 1. The summed E-state index contributed by atoms with van der Waals surface area (Å²) in [4.78, 5) is 1.13. The minimum absolute atomic E-state index is 0.264. The third-order valence-corrected chi connectivity index (χ3v) is 11.6. The fraction of sp³-hybridized carbons (Fsp3) is 0.733. The predicted octanol–water partition coefficient (Wildman–Crippen LogP) is 5.19. The van der Waals surface area contributed by atoms with Crippen LogP contribution in [0.25, 0.3) is 0 Å². The van der Waals surface area contributed by atoms with Crippen LogP contribution in [0, 0.1) is 9.49 Å². The monoisotopic (exact) mass is 424 g/mol. The fourth-order valence-corrected chi connectivity index (χ4v) is 5.65. The van der Waals surface area contributed by atoms with Gasteiger partial charge in [-0.15, -0.1) is 11.3 Å². The number of hydrogen-bond donors (Lipinski definition) is 1. The van der Waals surface area contributed by atoms with Gasteiger partial charge in [0.05, 0.1) is 6.10 Å². The van der Waals surface area contributed by atoms with Gasteiger partial charge < -0.3 is 9.53 Å². The van der Waals surface area contributed by atoms with Crippen molar-refractivity contribution in [2.45, 2.75) is 64.0 Å². The molecule has 1 N–H and O–H groups in total.